The number of nitrogens with zero attached hydrogens (tertiary/aromatic N) is 1. The van der Waals surface area contributed by atoms with Crippen molar-refractivity contribution < 1.29 is 17.2 Å². The van der Waals surface area contributed by atoms with Crippen molar-refractivity contribution in [1.82, 2.24) is 4.90 Å². The Balaban J connectivity index is 0. The highest BCUT2D eigenvalue weighted by Gasteiger charge is 2.14. The van der Waals surface area contributed by atoms with E-state index < -0.39 is 10.4 Å². The molecule has 0 aliphatic rings. The van der Waals surface area contributed by atoms with Crippen molar-refractivity contribution in [2.45, 2.75) is 78.7 Å². The van der Waals surface area contributed by atoms with Crippen LogP contribution in [0.15, 0.2) is 0 Å². The molecule has 0 aliphatic heterocycles. The summed E-state index contributed by atoms with van der Waals surface area (Å²) in [5.74, 6) is 0. The van der Waals surface area contributed by atoms with Gasteiger partial charge in [0.15, 0.2) is 0 Å². The monoisotopic (exact) mass is 325 g/mol. The second-order valence-corrected chi connectivity index (χ2v) is 6.38. The molecule has 6 heteroatoms. The molecule has 0 radical (unpaired) electrons. The molecule has 0 saturated carbocycles. The first kappa shape index (κ1) is 23.1. The van der Waals surface area contributed by atoms with E-state index in [9.17, 15) is 8.42 Å². The van der Waals surface area contributed by atoms with Gasteiger partial charge in [-0.2, -0.15) is 8.42 Å². The van der Waals surface area contributed by atoms with Crippen molar-refractivity contribution in [2.24, 2.45) is 0 Å². The van der Waals surface area contributed by atoms with Crippen LogP contribution < -0.4 is 0 Å². The van der Waals surface area contributed by atoms with Crippen molar-refractivity contribution in [3.8, 4) is 0 Å². The largest absolute Gasteiger partial charge is 0.397 e. The van der Waals surface area contributed by atoms with E-state index in [4.69, 9.17) is 4.55 Å². The van der Waals surface area contributed by atoms with E-state index in [1.165, 1.54) is 58.0 Å². The van der Waals surface area contributed by atoms with E-state index in [0.29, 0.717) is 0 Å². The van der Waals surface area contributed by atoms with Gasteiger partial charge in [-0.25, -0.2) is 0 Å². The first-order valence-corrected chi connectivity index (χ1v) is 9.49. The molecule has 0 bridgehead atoms. The Morgan fingerprint density at radius 3 is 1.67 bits per heavy atom. The second-order valence-electron chi connectivity index (χ2n) is 5.19. The first-order chi connectivity index (χ1) is 9.86. The Bertz CT molecular complexity index is 299. The minimum Gasteiger partial charge on any atom is -0.300 e. The van der Waals surface area contributed by atoms with E-state index >= 15 is 0 Å². The Morgan fingerprint density at radius 2 is 1.43 bits per heavy atom. The molecule has 0 saturated heterocycles. The molecule has 0 aromatic rings. The molecular formula is C15H35NO4S. The van der Waals surface area contributed by atoms with Crippen LogP contribution in [0.4, 0.5) is 0 Å². The fraction of sp³-hybridized carbons (Fsp3) is 1.00. The second kappa shape index (κ2) is 14.8. The van der Waals surface area contributed by atoms with Crippen LogP contribution in [0.25, 0.3) is 0 Å². The van der Waals surface area contributed by atoms with Crippen LogP contribution in [0.5, 0.6) is 0 Å². The van der Waals surface area contributed by atoms with Gasteiger partial charge in [0.1, 0.15) is 0 Å². The first-order valence-electron chi connectivity index (χ1n) is 8.13. The zero-order valence-electron chi connectivity index (χ0n) is 14.5. The molecule has 0 heterocycles. The van der Waals surface area contributed by atoms with Crippen LogP contribution in [-0.2, 0) is 14.6 Å². The summed E-state index contributed by atoms with van der Waals surface area (Å²) in [6, 6.07) is 0.841. The summed E-state index contributed by atoms with van der Waals surface area (Å²) in [5.41, 5.74) is 0. The molecule has 5 nitrogen and oxygen atoms in total. The number of hydrogen-bond donors (Lipinski definition) is 1. The third-order valence-electron chi connectivity index (χ3n) is 3.42. The zero-order chi connectivity index (χ0) is 16.7. The molecular weight excluding hydrogens is 290 g/mol. The van der Waals surface area contributed by atoms with Crippen LogP contribution in [0.3, 0.4) is 0 Å². The lowest BCUT2D eigenvalue weighted by atomic mass is 10.1. The Hall–Kier alpha value is -0.170. The van der Waals surface area contributed by atoms with Crippen molar-refractivity contribution in [3.05, 3.63) is 0 Å². The molecule has 0 amide bonds. The molecule has 21 heavy (non-hydrogen) atoms. The Morgan fingerprint density at radius 1 is 1.00 bits per heavy atom. The average Bonchev–Trinajstić information content (AvgIpc) is 2.45. The van der Waals surface area contributed by atoms with Gasteiger partial charge in [0.2, 0.25) is 0 Å². The maximum Gasteiger partial charge on any atom is 0.397 e. The van der Waals surface area contributed by atoms with Gasteiger partial charge >= 0.3 is 10.4 Å². The van der Waals surface area contributed by atoms with Crippen LogP contribution >= 0.6 is 0 Å². The summed E-state index contributed by atoms with van der Waals surface area (Å²) >= 11 is 0. The summed E-state index contributed by atoms with van der Waals surface area (Å²) in [4.78, 5) is 2.73. The van der Waals surface area contributed by atoms with Crippen molar-refractivity contribution in [2.75, 3.05) is 20.2 Å². The van der Waals surface area contributed by atoms with Crippen LogP contribution in [-0.4, -0.2) is 44.1 Å². The van der Waals surface area contributed by atoms with Crippen LogP contribution in [0.1, 0.15) is 72.6 Å². The van der Waals surface area contributed by atoms with E-state index in [1.807, 2.05) is 0 Å². The van der Waals surface area contributed by atoms with Crippen LogP contribution in [0, 0.1) is 0 Å². The molecule has 1 N–H and O–H groups in total. The maximum atomic E-state index is 9.33. The average molecular weight is 326 g/mol. The van der Waals surface area contributed by atoms with Gasteiger partial charge < -0.3 is 4.90 Å². The molecule has 0 aromatic carbocycles. The summed E-state index contributed by atoms with van der Waals surface area (Å²) in [6.07, 6.45) is 9.41. The van der Waals surface area contributed by atoms with Crippen molar-refractivity contribution >= 4 is 10.4 Å². The predicted molar refractivity (Wildman–Crippen MR) is 88.9 cm³/mol. The maximum absolute atomic E-state index is 9.33. The summed E-state index contributed by atoms with van der Waals surface area (Å²) in [6.45, 7) is 11.9. The van der Waals surface area contributed by atoms with Gasteiger partial charge in [-0.3, -0.25) is 8.74 Å². The summed E-state index contributed by atoms with van der Waals surface area (Å²) < 4.78 is 29.7. The van der Waals surface area contributed by atoms with Gasteiger partial charge in [-0.05, 0) is 38.8 Å². The van der Waals surface area contributed by atoms with Gasteiger partial charge in [-0.1, -0.05) is 47.0 Å². The fourth-order valence-corrected chi connectivity index (χ4v) is 2.18. The standard InChI is InChI=1S/C14H31N.CH4O4S/c1-5-9-12-15(13-10-6-2)14(8-4)11-7-3;1-5-6(2,3)4/h14H,5-13H2,1-4H3;1H3,(H,2,3,4). The van der Waals surface area contributed by atoms with E-state index in [-0.39, 0.29) is 0 Å². The van der Waals surface area contributed by atoms with Gasteiger partial charge in [0, 0.05) is 6.04 Å². The molecule has 1 atom stereocenters. The minimum atomic E-state index is -4.16. The third kappa shape index (κ3) is 16.0. The minimum absolute atomic E-state index is 0.841. The highest BCUT2D eigenvalue weighted by molar-refractivity contribution is 7.80. The number of hydrogen-bond acceptors (Lipinski definition) is 4. The normalized spacial score (nSPS) is 12.9. The quantitative estimate of drug-likeness (QED) is 0.583. The van der Waals surface area contributed by atoms with Crippen molar-refractivity contribution in [1.29, 1.82) is 0 Å². The van der Waals surface area contributed by atoms with Gasteiger partial charge in [0.25, 0.3) is 0 Å². The third-order valence-corrected chi connectivity index (χ3v) is 3.84. The highest BCUT2D eigenvalue weighted by atomic mass is 32.3. The molecule has 1 unspecified atom stereocenters. The lowest BCUT2D eigenvalue weighted by Crippen LogP contribution is -2.36. The lowest BCUT2D eigenvalue weighted by Gasteiger charge is -2.31. The lowest BCUT2D eigenvalue weighted by molar-refractivity contribution is 0.175. The summed E-state index contributed by atoms with van der Waals surface area (Å²) in [5, 5.41) is 0. The van der Waals surface area contributed by atoms with Gasteiger partial charge in [-0.15, -0.1) is 0 Å². The molecule has 0 rings (SSSR count). The van der Waals surface area contributed by atoms with E-state index in [2.05, 4.69) is 36.8 Å². The van der Waals surface area contributed by atoms with Gasteiger partial charge in [0.05, 0.1) is 7.11 Å². The summed E-state index contributed by atoms with van der Waals surface area (Å²) in [7, 11) is -3.29. The number of unbranched alkanes of at least 4 members (excludes halogenated alkanes) is 2. The van der Waals surface area contributed by atoms with Crippen LogP contribution in [0.2, 0.25) is 0 Å². The number of rotatable bonds is 11. The molecule has 0 fully saturated rings. The van der Waals surface area contributed by atoms with E-state index in [0.717, 1.165) is 13.2 Å². The predicted octanol–water partition coefficient (Wildman–Crippen LogP) is 3.90. The fourth-order valence-electron chi connectivity index (χ4n) is 2.18. The molecule has 0 aliphatic carbocycles. The Kier molecular flexibility index (Phi) is 16.2. The SMILES string of the molecule is CCCCN(CCCC)C(CC)CCC.COS(=O)(=O)O. The Labute approximate surface area is 132 Å². The molecule has 130 valence electrons. The molecule has 0 spiro atoms. The smallest absolute Gasteiger partial charge is 0.300 e. The topological polar surface area (TPSA) is 66.8 Å². The zero-order valence-corrected chi connectivity index (χ0v) is 15.3. The molecule has 0 aromatic heterocycles. The highest BCUT2D eigenvalue weighted by Crippen LogP contribution is 2.13. The van der Waals surface area contributed by atoms with Crippen molar-refractivity contribution in [3.63, 3.8) is 0 Å². The van der Waals surface area contributed by atoms with E-state index in [1.54, 1.807) is 0 Å².